The number of rotatable bonds is 0. The van der Waals surface area contributed by atoms with E-state index in [2.05, 4.69) is 0 Å². The van der Waals surface area contributed by atoms with Crippen LogP contribution in [0.4, 0.5) is 13.2 Å². The van der Waals surface area contributed by atoms with Crippen LogP contribution in [0.25, 0.3) is 0 Å². The van der Waals surface area contributed by atoms with Gasteiger partial charge in [-0.1, -0.05) is 0 Å². The Kier molecular flexibility index (Phi) is 5.85. The molecule has 1 aliphatic heterocycles. The summed E-state index contributed by atoms with van der Waals surface area (Å²) in [6.45, 7) is 4.50. The lowest BCUT2D eigenvalue weighted by atomic mass is 10.4. The van der Waals surface area contributed by atoms with Gasteiger partial charge in [0.25, 0.3) is 0 Å². The summed E-state index contributed by atoms with van der Waals surface area (Å²) in [7, 11) is -5.84. The van der Waals surface area contributed by atoms with E-state index in [4.69, 9.17) is 17.7 Å². The van der Waals surface area contributed by atoms with Crippen molar-refractivity contribution in [3.05, 3.63) is 0 Å². The van der Waals surface area contributed by atoms with E-state index in [-0.39, 0.29) is 5.91 Å². The first-order chi connectivity index (χ1) is 7.55. The number of hydrogen-bond donors (Lipinski definition) is 1. The van der Waals surface area contributed by atoms with Gasteiger partial charge in [0.05, 0.1) is 13.2 Å². The molecule has 1 fully saturated rings. The van der Waals surface area contributed by atoms with Crippen LogP contribution < -0.4 is 0 Å². The zero-order chi connectivity index (χ0) is 13.7. The molecule has 1 saturated heterocycles. The van der Waals surface area contributed by atoms with Crippen molar-refractivity contribution in [2.75, 3.05) is 26.3 Å². The Hall–Kier alpha value is -0.870. The third-order valence-corrected chi connectivity index (χ3v) is 2.33. The van der Waals surface area contributed by atoms with Crippen molar-refractivity contribution in [2.24, 2.45) is 0 Å². The third-order valence-electron chi connectivity index (χ3n) is 1.75. The zero-order valence-corrected chi connectivity index (χ0v) is 9.71. The fourth-order valence-electron chi connectivity index (χ4n) is 0.878. The van der Waals surface area contributed by atoms with E-state index in [1.807, 2.05) is 0 Å². The summed E-state index contributed by atoms with van der Waals surface area (Å²) in [5.41, 5.74) is -5.53. The minimum absolute atomic E-state index is 0.151. The van der Waals surface area contributed by atoms with E-state index in [0.29, 0.717) is 13.2 Å². The summed E-state index contributed by atoms with van der Waals surface area (Å²) < 4.78 is 62.6. The molecule has 0 saturated carbocycles. The van der Waals surface area contributed by atoms with E-state index >= 15 is 0 Å². The van der Waals surface area contributed by atoms with Gasteiger partial charge in [-0.15, -0.1) is 0 Å². The second-order valence-electron chi connectivity index (χ2n) is 3.04. The number of nitrogens with zero attached hydrogens (tertiary/aromatic N) is 1. The van der Waals surface area contributed by atoms with Crippen LogP contribution in [0.15, 0.2) is 0 Å². The molecule has 0 aliphatic carbocycles. The molecule has 0 aromatic carbocycles. The van der Waals surface area contributed by atoms with Crippen LogP contribution in [0.1, 0.15) is 6.92 Å². The van der Waals surface area contributed by atoms with Crippen molar-refractivity contribution in [1.29, 1.82) is 0 Å². The van der Waals surface area contributed by atoms with Gasteiger partial charge in [0.2, 0.25) is 5.91 Å². The lowest BCUT2D eigenvalue weighted by Gasteiger charge is -2.25. The van der Waals surface area contributed by atoms with Crippen LogP contribution in [-0.2, 0) is 19.6 Å². The number of carbonyl (C=O) groups is 1. The van der Waals surface area contributed by atoms with Gasteiger partial charge in [0.15, 0.2) is 0 Å². The van der Waals surface area contributed by atoms with Crippen LogP contribution in [0, 0.1) is 0 Å². The summed E-state index contributed by atoms with van der Waals surface area (Å²) in [5.74, 6) is 0.151. The fraction of sp³-hybridized carbons (Fsp3) is 0.857. The summed E-state index contributed by atoms with van der Waals surface area (Å²) in [5, 5.41) is 0. The predicted octanol–water partition coefficient (Wildman–Crippen LogP) is 0.259. The highest BCUT2D eigenvalue weighted by molar-refractivity contribution is 7.86. The Morgan fingerprint density at radius 2 is 1.65 bits per heavy atom. The maximum absolute atomic E-state index is 10.7. The number of morpholine rings is 1. The van der Waals surface area contributed by atoms with Crippen LogP contribution in [0.2, 0.25) is 0 Å². The molecule has 0 bridgehead atoms. The van der Waals surface area contributed by atoms with Crippen LogP contribution >= 0.6 is 0 Å². The molecule has 1 rings (SSSR count). The van der Waals surface area contributed by atoms with Gasteiger partial charge in [-0.05, 0) is 0 Å². The van der Waals surface area contributed by atoms with Crippen molar-refractivity contribution >= 4 is 16.0 Å². The molecule has 10 heteroatoms. The smallest absolute Gasteiger partial charge is 0.378 e. The Labute approximate surface area is 96.1 Å². The molecule has 102 valence electrons. The third kappa shape index (κ3) is 6.44. The zero-order valence-electron chi connectivity index (χ0n) is 8.90. The van der Waals surface area contributed by atoms with E-state index in [0.717, 1.165) is 13.1 Å². The highest BCUT2D eigenvalue weighted by Crippen LogP contribution is 2.20. The molecule has 0 unspecified atom stereocenters. The molecule has 1 aliphatic rings. The van der Waals surface area contributed by atoms with Gasteiger partial charge in [0.1, 0.15) is 0 Å². The van der Waals surface area contributed by atoms with Crippen LogP contribution in [0.5, 0.6) is 0 Å². The summed E-state index contributed by atoms with van der Waals surface area (Å²) >= 11 is 0. The van der Waals surface area contributed by atoms with Crippen molar-refractivity contribution in [3.8, 4) is 0 Å². The number of hydrogen-bond acceptors (Lipinski definition) is 4. The standard InChI is InChI=1S/C6H11NO2.CHF3O3S/c1-6(8)7-2-4-9-5-3-7;2-1(3,4)8(5,6)7/h2-5H2,1H3;(H,5,6,7). The molecule has 0 radical (unpaired) electrons. The van der Waals surface area contributed by atoms with Crippen LogP contribution in [0.3, 0.4) is 0 Å². The first kappa shape index (κ1) is 16.1. The number of ether oxygens (including phenoxy) is 1. The second kappa shape index (κ2) is 6.17. The van der Waals surface area contributed by atoms with E-state index < -0.39 is 15.6 Å². The number of halogens is 3. The molecular formula is C7H12F3NO5S. The summed E-state index contributed by atoms with van der Waals surface area (Å²) in [4.78, 5) is 12.5. The second-order valence-corrected chi connectivity index (χ2v) is 4.45. The van der Waals surface area contributed by atoms with Crippen LogP contribution in [-0.4, -0.2) is 55.6 Å². The summed E-state index contributed by atoms with van der Waals surface area (Å²) in [6.07, 6.45) is 0. The van der Waals surface area contributed by atoms with Crippen molar-refractivity contribution < 1.29 is 35.7 Å². The van der Waals surface area contributed by atoms with E-state index in [9.17, 15) is 18.0 Å². The SMILES string of the molecule is CC(=O)N1CCOCC1.O=S(=O)(O)C(F)(F)F. The predicted molar refractivity (Wildman–Crippen MR) is 50.7 cm³/mol. The molecule has 0 aromatic heterocycles. The molecular weight excluding hydrogens is 267 g/mol. The fourth-order valence-corrected chi connectivity index (χ4v) is 0.878. The number of carbonyl (C=O) groups excluding carboxylic acids is 1. The highest BCUT2D eigenvalue weighted by atomic mass is 32.2. The minimum atomic E-state index is -5.84. The van der Waals surface area contributed by atoms with E-state index in [1.165, 1.54) is 0 Å². The Bertz CT molecular complexity index is 347. The molecule has 0 atom stereocenters. The van der Waals surface area contributed by atoms with E-state index in [1.54, 1.807) is 11.8 Å². The topological polar surface area (TPSA) is 83.9 Å². The number of amides is 1. The molecule has 0 aromatic rings. The van der Waals surface area contributed by atoms with Gasteiger partial charge in [-0.2, -0.15) is 21.6 Å². The number of alkyl halides is 3. The monoisotopic (exact) mass is 279 g/mol. The average Bonchev–Trinajstić information content (AvgIpc) is 2.17. The largest absolute Gasteiger partial charge is 0.522 e. The van der Waals surface area contributed by atoms with Gasteiger partial charge in [0, 0.05) is 20.0 Å². The molecule has 1 N–H and O–H groups in total. The van der Waals surface area contributed by atoms with Crippen molar-refractivity contribution in [1.82, 2.24) is 4.90 Å². The van der Waals surface area contributed by atoms with Crippen molar-refractivity contribution in [3.63, 3.8) is 0 Å². The molecule has 1 amide bonds. The summed E-state index contributed by atoms with van der Waals surface area (Å²) in [6, 6.07) is 0. The Morgan fingerprint density at radius 1 is 1.29 bits per heavy atom. The molecule has 0 spiro atoms. The molecule has 1 heterocycles. The Balaban J connectivity index is 0.000000304. The van der Waals surface area contributed by atoms with Crippen molar-refractivity contribution in [2.45, 2.75) is 12.4 Å². The normalized spacial score (nSPS) is 17.1. The maximum Gasteiger partial charge on any atom is 0.522 e. The van der Waals surface area contributed by atoms with Gasteiger partial charge in [-0.3, -0.25) is 9.35 Å². The quantitative estimate of drug-likeness (QED) is 0.508. The van der Waals surface area contributed by atoms with Gasteiger partial charge in [-0.25, -0.2) is 0 Å². The lowest BCUT2D eigenvalue weighted by molar-refractivity contribution is -0.132. The maximum atomic E-state index is 10.7. The van der Waals surface area contributed by atoms with Gasteiger partial charge < -0.3 is 9.64 Å². The highest BCUT2D eigenvalue weighted by Gasteiger charge is 2.44. The molecule has 6 nitrogen and oxygen atoms in total. The average molecular weight is 279 g/mol. The first-order valence-corrected chi connectivity index (χ1v) is 5.86. The first-order valence-electron chi connectivity index (χ1n) is 4.42. The molecule has 17 heavy (non-hydrogen) atoms. The minimum Gasteiger partial charge on any atom is -0.378 e. The lowest BCUT2D eigenvalue weighted by Crippen LogP contribution is -2.39. The Morgan fingerprint density at radius 3 is 1.82 bits per heavy atom. The van der Waals surface area contributed by atoms with Gasteiger partial charge >= 0.3 is 15.6 Å².